The molecule has 0 aliphatic rings. The molecule has 0 radical (unpaired) electrons. The lowest BCUT2D eigenvalue weighted by molar-refractivity contribution is -0.137. The van der Waals surface area contributed by atoms with Gasteiger partial charge in [0.1, 0.15) is 0 Å². The fourth-order valence-corrected chi connectivity index (χ4v) is 2.47. The Labute approximate surface area is 108 Å². The molecular formula is C12H12N2O3S. The van der Waals surface area contributed by atoms with Crippen LogP contribution in [0.2, 0.25) is 0 Å². The molecule has 0 N–H and O–H groups in total. The third-order valence-electron chi connectivity index (χ3n) is 2.39. The molecule has 0 aliphatic heterocycles. The van der Waals surface area contributed by atoms with Crippen molar-refractivity contribution in [2.45, 2.75) is 12.1 Å². The van der Waals surface area contributed by atoms with Crippen molar-refractivity contribution in [3.8, 4) is 0 Å². The maximum absolute atomic E-state index is 11.6. The number of hydrogen-bond donors (Lipinski definition) is 0. The van der Waals surface area contributed by atoms with E-state index in [2.05, 4.69) is 9.72 Å². The van der Waals surface area contributed by atoms with Gasteiger partial charge in [-0.1, -0.05) is 23.9 Å². The molecule has 0 aliphatic carbocycles. The Kier molecular flexibility index (Phi) is 3.66. The Morgan fingerprint density at radius 2 is 2.11 bits per heavy atom. The van der Waals surface area contributed by atoms with Crippen LogP contribution in [0.4, 0.5) is 0 Å². The monoisotopic (exact) mass is 264 g/mol. The average Bonchev–Trinajstić information content (AvgIpc) is 2.74. The minimum Gasteiger partial charge on any atom is -0.468 e. The van der Waals surface area contributed by atoms with Crippen molar-refractivity contribution >= 4 is 34.7 Å². The van der Waals surface area contributed by atoms with Gasteiger partial charge in [-0.25, -0.2) is 4.98 Å². The van der Waals surface area contributed by atoms with Crippen LogP contribution in [0.1, 0.15) is 11.7 Å². The van der Waals surface area contributed by atoms with E-state index >= 15 is 0 Å². The number of para-hydroxylation sites is 2. The van der Waals surface area contributed by atoms with E-state index in [9.17, 15) is 9.59 Å². The highest BCUT2D eigenvalue weighted by Gasteiger charge is 2.15. The maximum atomic E-state index is 11.6. The summed E-state index contributed by atoms with van der Waals surface area (Å²) in [6, 6.07) is 7.36. The van der Waals surface area contributed by atoms with E-state index < -0.39 is 0 Å². The van der Waals surface area contributed by atoms with E-state index in [1.165, 1.54) is 30.4 Å². The number of ether oxygens (including phenoxy) is 1. The molecule has 5 nitrogen and oxygen atoms in total. The molecule has 2 aromatic rings. The van der Waals surface area contributed by atoms with E-state index in [0.29, 0.717) is 5.16 Å². The van der Waals surface area contributed by atoms with Gasteiger partial charge in [0.15, 0.2) is 5.16 Å². The first-order valence-electron chi connectivity index (χ1n) is 5.31. The molecule has 0 amide bonds. The van der Waals surface area contributed by atoms with Gasteiger partial charge in [0.05, 0.1) is 23.9 Å². The molecule has 0 atom stereocenters. The van der Waals surface area contributed by atoms with Gasteiger partial charge in [-0.3, -0.25) is 14.2 Å². The Hall–Kier alpha value is -1.82. The Balaban J connectivity index is 2.40. The SMILES string of the molecule is COC(=O)CSc1nc2ccccc2n1C(C)=O. The number of fused-ring (bicyclic) bond motifs is 1. The van der Waals surface area contributed by atoms with Crippen LogP contribution in [0, 0.1) is 0 Å². The predicted molar refractivity (Wildman–Crippen MR) is 68.8 cm³/mol. The van der Waals surface area contributed by atoms with E-state index in [0.717, 1.165) is 11.0 Å². The quantitative estimate of drug-likeness (QED) is 0.626. The zero-order valence-corrected chi connectivity index (χ0v) is 10.9. The average molecular weight is 264 g/mol. The van der Waals surface area contributed by atoms with Crippen LogP contribution in [-0.4, -0.2) is 34.3 Å². The molecule has 1 aromatic heterocycles. The highest BCUT2D eigenvalue weighted by atomic mass is 32.2. The lowest BCUT2D eigenvalue weighted by Crippen LogP contribution is -2.09. The summed E-state index contributed by atoms with van der Waals surface area (Å²) < 4.78 is 6.07. The van der Waals surface area contributed by atoms with Gasteiger partial charge in [-0.05, 0) is 12.1 Å². The van der Waals surface area contributed by atoms with Gasteiger partial charge >= 0.3 is 5.97 Å². The molecule has 18 heavy (non-hydrogen) atoms. The largest absolute Gasteiger partial charge is 0.468 e. The summed E-state index contributed by atoms with van der Waals surface area (Å²) in [7, 11) is 1.33. The summed E-state index contributed by atoms with van der Waals surface area (Å²) in [5, 5.41) is 0.508. The zero-order valence-electron chi connectivity index (χ0n) is 10.0. The van der Waals surface area contributed by atoms with E-state index in [1.807, 2.05) is 24.3 Å². The van der Waals surface area contributed by atoms with Crippen LogP contribution in [-0.2, 0) is 9.53 Å². The van der Waals surface area contributed by atoms with Crippen LogP contribution in [0.25, 0.3) is 11.0 Å². The highest BCUT2D eigenvalue weighted by Crippen LogP contribution is 2.23. The second-order valence-electron chi connectivity index (χ2n) is 3.60. The molecule has 0 saturated heterocycles. The van der Waals surface area contributed by atoms with E-state index in [-0.39, 0.29) is 17.6 Å². The molecule has 94 valence electrons. The third-order valence-corrected chi connectivity index (χ3v) is 3.30. The number of carbonyl (C=O) groups is 2. The smallest absolute Gasteiger partial charge is 0.316 e. The molecule has 0 spiro atoms. The number of aromatic nitrogens is 2. The van der Waals surface area contributed by atoms with Crippen molar-refractivity contribution in [1.82, 2.24) is 9.55 Å². The summed E-state index contributed by atoms with van der Waals surface area (Å²) in [6.45, 7) is 1.47. The lowest BCUT2D eigenvalue weighted by atomic mass is 10.3. The van der Waals surface area contributed by atoms with E-state index in [4.69, 9.17) is 0 Å². The summed E-state index contributed by atoms with van der Waals surface area (Å²) in [5.41, 5.74) is 1.48. The summed E-state index contributed by atoms with van der Waals surface area (Å²) >= 11 is 1.19. The molecule has 0 saturated carbocycles. The zero-order chi connectivity index (χ0) is 13.1. The number of rotatable bonds is 3. The molecule has 2 rings (SSSR count). The molecular weight excluding hydrogens is 252 g/mol. The maximum Gasteiger partial charge on any atom is 0.316 e. The predicted octanol–water partition coefficient (Wildman–Crippen LogP) is 1.96. The third kappa shape index (κ3) is 2.38. The topological polar surface area (TPSA) is 61.2 Å². The first-order valence-corrected chi connectivity index (χ1v) is 6.30. The van der Waals surface area contributed by atoms with Crippen molar-refractivity contribution in [1.29, 1.82) is 0 Å². The first kappa shape index (κ1) is 12.6. The number of imidazole rings is 1. The fourth-order valence-electron chi connectivity index (χ4n) is 1.59. The number of esters is 1. The van der Waals surface area contributed by atoms with Crippen LogP contribution in [0.3, 0.4) is 0 Å². The van der Waals surface area contributed by atoms with Crippen LogP contribution < -0.4 is 0 Å². The van der Waals surface area contributed by atoms with E-state index in [1.54, 1.807) is 0 Å². The molecule has 1 aromatic carbocycles. The van der Waals surface area contributed by atoms with Crippen LogP contribution in [0.15, 0.2) is 29.4 Å². The number of nitrogens with zero attached hydrogens (tertiary/aromatic N) is 2. The molecule has 6 heteroatoms. The van der Waals surface area contributed by atoms with Crippen molar-refractivity contribution in [2.24, 2.45) is 0 Å². The second kappa shape index (κ2) is 5.22. The minimum atomic E-state index is -0.345. The Bertz CT molecular complexity index is 606. The van der Waals surface area contributed by atoms with Gasteiger partial charge in [0.25, 0.3) is 0 Å². The number of thioether (sulfide) groups is 1. The van der Waals surface area contributed by atoms with Gasteiger partial charge in [0, 0.05) is 6.92 Å². The van der Waals surface area contributed by atoms with Crippen molar-refractivity contribution in [3.05, 3.63) is 24.3 Å². The molecule has 0 bridgehead atoms. The standard InChI is InChI=1S/C12H12N2O3S/c1-8(15)14-10-6-4-3-5-9(10)13-12(14)18-7-11(16)17-2/h3-6H,7H2,1-2H3. The van der Waals surface area contributed by atoms with Crippen LogP contribution in [0.5, 0.6) is 0 Å². The molecule has 0 unspecified atom stereocenters. The molecule has 1 heterocycles. The van der Waals surface area contributed by atoms with Gasteiger partial charge < -0.3 is 4.74 Å². The summed E-state index contributed by atoms with van der Waals surface area (Å²) in [5.74, 6) is -0.342. The van der Waals surface area contributed by atoms with Gasteiger partial charge in [-0.15, -0.1) is 0 Å². The van der Waals surface area contributed by atoms with Crippen molar-refractivity contribution < 1.29 is 14.3 Å². The second-order valence-corrected chi connectivity index (χ2v) is 4.54. The van der Waals surface area contributed by atoms with Gasteiger partial charge in [-0.2, -0.15) is 0 Å². The number of carbonyl (C=O) groups excluding carboxylic acids is 2. The summed E-state index contributed by atoms with van der Waals surface area (Å²) in [4.78, 5) is 27.1. The van der Waals surface area contributed by atoms with Crippen LogP contribution >= 0.6 is 11.8 Å². The van der Waals surface area contributed by atoms with Gasteiger partial charge in [0.2, 0.25) is 5.91 Å². The minimum absolute atomic E-state index is 0.129. The Morgan fingerprint density at radius 1 is 1.39 bits per heavy atom. The molecule has 0 fully saturated rings. The first-order chi connectivity index (χ1) is 8.63. The fraction of sp³-hybridized carbons (Fsp3) is 0.250. The van der Waals surface area contributed by atoms with Crippen molar-refractivity contribution in [3.63, 3.8) is 0 Å². The lowest BCUT2D eigenvalue weighted by Gasteiger charge is -2.03. The highest BCUT2D eigenvalue weighted by molar-refractivity contribution is 7.99. The number of hydrogen-bond acceptors (Lipinski definition) is 5. The number of benzene rings is 1. The normalized spacial score (nSPS) is 10.6. The number of methoxy groups -OCH3 is 1. The Morgan fingerprint density at radius 3 is 2.78 bits per heavy atom. The van der Waals surface area contributed by atoms with Crippen molar-refractivity contribution in [2.75, 3.05) is 12.9 Å². The summed E-state index contributed by atoms with van der Waals surface area (Å²) in [6.07, 6.45) is 0.